The number of hydrogen-bond donors (Lipinski definition) is 0. The molecule has 0 amide bonds. The highest BCUT2D eigenvalue weighted by molar-refractivity contribution is 6.28. The van der Waals surface area contributed by atoms with Crippen LogP contribution in [0, 0.1) is 5.82 Å². The van der Waals surface area contributed by atoms with E-state index in [1.54, 1.807) is 19.8 Å². The smallest absolute Gasteiger partial charge is 0.225 e. The molecular formula is C24H26ClFN6O2. The van der Waals surface area contributed by atoms with Gasteiger partial charge in [-0.2, -0.15) is 4.98 Å². The fourth-order valence-corrected chi connectivity index (χ4v) is 5.53. The van der Waals surface area contributed by atoms with Crippen LogP contribution in [0.4, 0.5) is 4.39 Å². The summed E-state index contributed by atoms with van der Waals surface area (Å²) in [6.07, 6.45) is 10.4. The van der Waals surface area contributed by atoms with Crippen LogP contribution < -0.4 is 0 Å². The van der Waals surface area contributed by atoms with Gasteiger partial charge >= 0.3 is 0 Å². The van der Waals surface area contributed by atoms with Gasteiger partial charge in [-0.15, -0.1) is 0 Å². The first-order valence-electron chi connectivity index (χ1n) is 11.8. The normalized spacial score (nSPS) is 23.7. The van der Waals surface area contributed by atoms with Crippen molar-refractivity contribution >= 4 is 33.8 Å². The van der Waals surface area contributed by atoms with Crippen LogP contribution in [0.15, 0.2) is 24.8 Å². The fraction of sp³-hybridized carbons (Fsp3) is 0.500. The molecule has 4 aromatic rings. The van der Waals surface area contributed by atoms with Crippen molar-refractivity contribution in [2.24, 2.45) is 0 Å². The summed E-state index contributed by atoms with van der Waals surface area (Å²) in [4.78, 5) is 17.9. The quantitative estimate of drug-likeness (QED) is 0.357. The second kappa shape index (κ2) is 8.87. The number of benzene rings is 1. The maximum absolute atomic E-state index is 15.5. The number of imidazole rings is 2. The molecule has 10 heteroatoms. The van der Waals surface area contributed by atoms with Crippen LogP contribution in [0.5, 0.6) is 0 Å². The van der Waals surface area contributed by atoms with E-state index >= 15 is 4.39 Å². The van der Waals surface area contributed by atoms with Gasteiger partial charge in [-0.3, -0.25) is 4.57 Å². The minimum absolute atomic E-state index is 0.0823. The molecule has 1 unspecified atom stereocenters. The molecule has 2 aliphatic rings. The molecule has 0 bridgehead atoms. The van der Waals surface area contributed by atoms with Crippen molar-refractivity contribution in [3.8, 4) is 11.3 Å². The molecule has 6 rings (SSSR count). The molecule has 1 saturated carbocycles. The first kappa shape index (κ1) is 21.9. The molecule has 178 valence electrons. The predicted octanol–water partition coefficient (Wildman–Crippen LogP) is 5.46. The van der Waals surface area contributed by atoms with Gasteiger partial charge in [-0.1, -0.05) is 0 Å². The van der Waals surface area contributed by atoms with Crippen LogP contribution >= 0.6 is 11.6 Å². The molecule has 0 radical (unpaired) electrons. The molecule has 0 spiro atoms. The Morgan fingerprint density at radius 3 is 2.76 bits per heavy atom. The Morgan fingerprint density at radius 1 is 1.06 bits per heavy atom. The van der Waals surface area contributed by atoms with Gasteiger partial charge in [0, 0.05) is 25.3 Å². The van der Waals surface area contributed by atoms with Crippen LogP contribution in [-0.4, -0.2) is 48.9 Å². The van der Waals surface area contributed by atoms with Gasteiger partial charge in [0.05, 0.1) is 24.3 Å². The number of aromatic nitrogens is 6. The van der Waals surface area contributed by atoms with Gasteiger partial charge in [0.1, 0.15) is 28.8 Å². The molecule has 1 aliphatic heterocycles. The molecule has 1 aliphatic carbocycles. The lowest BCUT2D eigenvalue weighted by Gasteiger charge is -2.29. The average molecular weight is 485 g/mol. The summed E-state index contributed by atoms with van der Waals surface area (Å²) in [5.74, 6) is -0.345. The number of ether oxygens (including phenoxy) is 2. The molecule has 1 aromatic carbocycles. The number of methoxy groups -OCH3 is 1. The third-order valence-electron chi connectivity index (χ3n) is 7.08. The molecule has 2 fully saturated rings. The summed E-state index contributed by atoms with van der Waals surface area (Å²) < 4.78 is 30.9. The van der Waals surface area contributed by atoms with E-state index in [9.17, 15) is 0 Å². The Hall–Kier alpha value is -2.62. The van der Waals surface area contributed by atoms with E-state index < -0.39 is 0 Å². The van der Waals surface area contributed by atoms with Crippen molar-refractivity contribution in [1.82, 2.24) is 29.1 Å². The standard InChI is InChI=1S/C24H26ClFN6O2/c1-33-16-6-4-5-15(11-16)31-12-27-18-10-14(9-17(26)22(18)31)20-21-23(30-24(25)29-20)32(13-28-21)19-7-2-3-8-34-19/h9-10,12-13,15-16,19H,2-8,11H2,1H3/t15-,16-,19?/m1/s1. The van der Waals surface area contributed by atoms with E-state index in [1.807, 2.05) is 15.2 Å². The highest BCUT2D eigenvalue weighted by atomic mass is 35.5. The first-order chi connectivity index (χ1) is 16.6. The van der Waals surface area contributed by atoms with Crippen LogP contribution in [-0.2, 0) is 9.47 Å². The van der Waals surface area contributed by atoms with E-state index in [0.717, 1.165) is 44.9 Å². The summed E-state index contributed by atoms with van der Waals surface area (Å²) in [5, 5.41) is 0.0823. The Labute approximate surface area is 201 Å². The summed E-state index contributed by atoms with van der Waals surface area (Å²) in [7, 11) is 1.74. The van der Waals surface area contributed by atoms with E-state index in [1.165, 1.54) is 6.07 Å². The summed E-state index contributed by atoms with van der Waals surface area (Å²) in [5.41, 5.74) is 3.28. The Morgan fingerprint density at radius 2 is 1.94 bits per heavy atom. The molecule has 3 atom stereocenters. The van der Waals surface area contributed by atoms with Gasteiger partial charge in [-0.05, 0) is 68.7 Å². The number of halogens is 2. The molecule has 3 aromatic heterocycles. The molecule has 1 saturated heterocycles. The highest BCUT2D eigenvalue weighted by Crippen LogP contribution is 2.36. The number of nitrogens with zero attached hydrogens (tertiary/aromatic N) is 6. The summed E-state index contributed by atoms with van der Waals surface area (Å²) >= 11 is 6.30. The minimum atomic E-state index is -0.345. The third-order valence-corrected chi connectivity index (χ3v) is 7.25. The van der Waals surface area contributed by atoms with Crippen LogP contribution in [0.1, 0.15) is 57.2 Å². The maximum atomic E-state index is 15.5. The first-order valence-corrected chi connectivity index (χ1v) is 12.2. The molecule has 0 N–H and O–H groups in total. The highest BCUT2D eigenvalue weighted by Gasteiger charge is 2.26. The Balaban J connectivity index is 1.42. The van der Waals surface area contributed by atoms with Crippen LogP contribution in [0.25, 0.3) is 33.5 Å². The van der Waals surface area contributed by atoms with Crippen molar-refractivity contribution in [1.29, 1.82) is 0 Å². The minimum Gasteiger partial charge on any atom is -0.381 e. The predicted molar refractivity (Wildman–Crippen MR) is 126 cm³/mol. The SMILES string of the molecule is CO[C@@H]1CCC[C@@H](n2cnc3cc(-c4nc(Cl)nc5c4ncn5C4CCCCO4)cc(F)c32)C1. The van der Waals surface area contributed by atoms with Gasteiger partial charge in [0.15, 0.2) is 5.65 Å². The third kappa shape index (κ3) is 3.76. The van der Waals surface area contributed by atoms with Crippen molar-refractivity contribution in [3.63, 3.8) is 0 Å². The lowest BCUT2D eigenvalue weighted by atomic mass is 9.92. The molecule has 34 heavy (non-hydrogen) atoms. The van der Waals surface area contributed by atoms with E-state index in [4.69, 9.17) is 21.1 Å². The zero-order chi connectivity index (χ0) is 23.2. The van der Waals surface area contributed by atoms with E-state index in [-0.39, 0.29) is 29.5 Å². The Bertz CT molecular complexity index is 1350. The molecule has 4 heterocycles. The van der Waals surface area contributed by atoms with E-state index in [2.05, 4.69) is 19.9 Å². The Kier molecular flexibility index (Phi) is 5.71. The number of fused-ring (bicyclic) bond motifs is 2. The van der Waals surface area contributed by atoms with E-state index in [0.29, 0.717) is 40.1 Å². The summed E-state index contributed by atoms with van der Waals surface area (Å²) in [6.45, 7) is 0.701. The second-order valence-corrected chi connectivity index (χ2v) is 9.48. The van der Waals surface area contributed by atoms with Crippen LogP contribution in [0.3, 0.4) is 0 Å². The van der Waals surface area contributed by atoms with Gasteiger partial charge in [0.2, 0.25) is 5.28 Å². The largest absolute Gasteiger partial charge is 0.381 e. The maximum Gasteiger partial charge on any atom is 0.225 e. The topological polar surface area (TPSA) is 79.9 Å². The zero-order valence-corrected chi connectivity index (χ0v) is 19.7. The lowest BCUT2D eigenvalue weighted by Crippen LogP contribution is -2.23. The van der Waals surface area contributed by atoms with Crippen LogP contribution in [0.2, 0.25) is 5.28 Å². The van der Waals surface area contributed by atoms with Gasteiger partial charge in [0.25, 0.3) is 0 Å². The van der Waals surface area contributed by atoms with Gasteiger partial charge in [-0.25, -0.2) is 19.3 Å². The zero-order valence-electron chi connectivity index (χ0n) is 19.0. The fourth-order valence-electron chi connectivity index (χ4n) is 5.37. The second-order valence-electron chi connectivity index (χ2n) is 9.14. The van der Waals surface area contributed by atoms with Crippen molar-refractivity contribution in [3.05, 3.63) is 35.9 Å². The van der Waals surface area contributed by atoms with Gasteiger partial charge < -0.3 is 14.0 Å². The number of rotatable bonds is 4. The van der Waals surface area contributed by atoms with Crippen molar-refractivity contribution in [2.75, 3.05) is 13.7 Å². The summed E-state index contributed by atoms with van der Waals surface area (Å²) in [6, 6.07) is 3.50. The van der Waals surface area contributed by atoms with Crippen molar-refractivity contribution < 1.29 is 13.9 Å². The van der Waals surface area contributed by atoms with Crippen molar-refractivity contribution in [2.45, 2.75) is 63.3 Å². The molecule has 8 nitrogen and oxygen atoms in total. The monoisotopic (exact) mass is 484 g/mol. The lowest BCUT2D eigenvalue weighted by molar-refractivity contribution is -0.0298. The number of hydrogen-bond acceptors (Lipinski definition) is 6. The molecular weight excluding hydrogens is 459 g/mol. The average Bonchev–Trinajstić information content (AvgIpc) is 3.49.